The molecule has 0 saturated carbocycles. The second-order valence-corrected chi connectivity index (χ2v) is 5.57. The van der Waals surface area contributed by atoms with E-state index in [4.69, 9.17) is 5.11 Å². The van der Waals surface area contributed by atoms with Crippen molar-refractivity contribution in [2.45, 2.75) is 52.1 Å². The molecule has 0 spiro atoms. The van der Waals surface area contributed by atoms with Crippen molar-refractivity contribution in [3.05, 3.63) is 17.5 Å². The van der Waals surface area contributed by atoms with Crippen molar-refractivity contribution in [3.8, 4) is 0 Å². The van der Waals surface area contributed by atoms with Crippen molar-refractivity contribution >= 4 is 0 Å². The van der Waals surface area contributed by atoms with Gasteiger partial charge in [-0.05, 0) is 38.1 Å². The van der Waals surface area contributed by atoms with Gasteiger partial charge in [-0.2, -0.15) is 5.10 Å². The molecule has 1 unspecified atom stereocenters. The zero-order valence-corrected chi connectivity index (χ0v) is 11.5. The zero-order valence-electron chi connectivity index (χ0n) is 11.5. The highest BCUT2D eigenvalue weighted by atomic mass is 16.3. The fraction of sp³-hybridized carbons (Fsp3) is 0.786. The smallest absolute Gasteiger partial charge is 0.0644 e. The molecule has 1 aromatic rings. The third-order valence-electron chi connectivity index (χ3n) is 3.69. The maximum atomic E-state index is 9.03. The lowest BCUT2D eigenvalue weighted by atomic mass is 9.92. The Balaban J connectivity index is 1.99. The van der Waals surface area contributed by atoms with Gasteiger partial charge in [0.1, 0.15) is 0 Å². The lowest BCUT2D eigenvalue weighted by Gasteiger charge is -2.24. The summed E-state index contributed by atoms with van der Waals surface area (Å²) in [5, 5.41) is 17.1. The molecule has 0 aromatic carbocycles. The Morgan fingerprint density at radius 2 is 2.39 bits per heavy atom. The maximum absolute atomic E-state index is 9.03. The summed E-state index contributed by atoms with van der Waals surface area (Å²) in [6.07, 6.45) is 6.71. The predicted molar refractivity (Wildman–Crippen MR) is 72.4 cm³/mol. The SMILES string of the molecule is CC(C)CCNC1CCCc2c1cnn2CCO. The molecule has 1 aromatic heterocycles. The van der Waals surface area contributed by atoms with E-state index in [1.165, 1.54) is 30.5 Å². The van der Waals surface area contributed by atoms with Crippen LogP contribution in [0.5, 0.6) is 0 Å². The first-order valence-corrected chi connectivity index (χ1v) is 7.11. The van der Waals surface area contributed by atoms with E-state index in [1.54, 1.807) is 0 Å². The van der Waals surface area contributed by atoms with Crippen LogP contribution in [0.25, 0.3) is 0 Å². The summed E-state index contributed by atoms with van der Waals surface area (Å²) in [5.41, 5.74) is 2.66. The normalized spacial score (nSPS) is 19.2. The van der Waals surface area contributed by atoms with Gasteiger partial charge in [-0.25, -0.2) is 0 Å². The number of nitrogens with zero attached hydrogens (tertiary/aromatic N) is 2. The molecule has 0 bridgehead atoms. The quantitative estimate of drug-likeness (QED) is 0.811. The summed E-state index contributed by atoms with van der Waals surface area (Å²) >= 11 is 0. The molecule has 18 heavy (non-hydrogen) atoms. The van der Waals surface area contributed by atoms with Gasteiger partial charge in [0, 0.05) is 17.3 Å². The molecule has 4 nitrogen and oxygen atoms in total. The lowest BCUT2D eigenvalue weighted by molar-refractivity contribution is 0.266. The van der Waals surface area contributed by atoms with Crippen LogP contribution in [-0.4, -0.2) is 28.0 Å². The first kappa shape index (κ1) is 13.6. The van der Waals surface area contributed by atoms with E-state index in [0.29, 0.717) is 12.6 Å². The minimum atomic E-state index is 0.166. The molecule has 2 rings (SSSR count). The van der Waals surface area contributed by atoms with Crippen molar-refractivity contribution in [2.24, 2.45) is 5.92 Å². The molecule has 2 N–H and O–H groups in total. The summed E-state index contributed by atoms with van der Waals surface area (Å²) in [5.74, 6) is 0.748. The Morgan fingerprint density at radius 1 is 1.56 bits per heavy atom. The van der Waals surface area contributed by atoms with Gasteiger partial charge in [0.25, 0.3) is 0 Å². The highest BCUT2D eigenvalue weighted by Gasteiger charge is 2.23. The van der Waals surface area contributed by atoms with Crippen LogP contribution in [0, 0.1) is 5.92 Å². The van der Waals surface area contributed by atoms with Crippen molar-refractivity contribution in [3.63, 3.8) is 0 Å². The van der Waals surface area contributed by atoms with Gasteiger partial charge in [0.15, 0.2) is 0 Å². The average molecular weight is 251 g/mol. The lowest BCUT2D eigenvalue weighted by Crippen LogP contribution is -2.27. The first-order chi connectivity index (χ1) is 8.72. The standard InChI is InChI=1S/C14H25N3O/c1-11(2)6-7-15-13-4-3-5-14-12(13)10-16-17(14)8-9-18/h10-11,13,15,18H,3-9H2,1-2H3. The fourth-order valence-electron chi connectivity index (χ4n) is 2.66. The molecule has 1 atom stereocenters. The molecule has 0 saturated heterocycles. The van der Waals surface area contributed by atoms with Gasteiger partial charge in [0.05, 0.1) is 19.3 Å². The molecule has 4 heteroatoms. The van der Waals surface area contributed by atoms with Gasteiger partial charge in [-0.15, -0.1) is 0 Å². The van der Waals surface area contributed by atoms with E-state index in [-0.39, 0.29) is 6.61 Å². The summed E-state index contributed by atoms with van der Waals surface area (Å²) in [6, 6.07) is 0.458. The molecule has 0 aliphatic heterocycles. The molecular weight excluding hydrogens is 226 g/mol. The molecule has 0 amide bonds. The Bertz CT molecular complexity index is 373. The first-order valence-electron chi connectivity index (χ1n) is 7.11. The van der Waals surface area contributed by atoms with Gasteiger partial charge in [-0.3, -0.25) is 4.68 Å². The van der Waals surface area contributed by atoms with E-state index in [9.17, 15) is 0 Å². The van der Waals surface area contributed by atoms with Crippen LogP contribution in [0.2, 0.25) is 0 Å². The highest BCUT2D eigenvalue weighted by molar-refractivity contribution is 5.24. The molecule has 1 aliphatic rings. The second-order valence-electron chi connectivity index (χ2n) is 5.57. The third kappa shape index (κ3) is 3.12. The van der Waals surface area contributed by atoms with E-state index >= 15 is 0 Å². The highest BCUT2D eigenvalue weighted by Crippen LogP contribution is 2.29. The number of rotatable bonds is 6. The summed E-state index contributed by atoms with van der Waals surface area (Å²) in [4.78, 5) is 0. The van der Waals surface area contributed by atoms with Crippen LogP contribution in [0.4, 0.5) is 0 Å². The largest absolute Gasteiger partial charge is 0.394 e. The number of nitrogens with one attached hydrogen (secondary N) is 1. The monoisotopic (exact) mass is 251 g/mol. The molecule has 102 valence electrons. The topological polar surface area (TPSA) is 50.1 Å². The Hall–Kier alpha value is -0.870. The van der Waals surface area contributed by atoms with Crippen LogP contribution in [0.3, 0.4) is 0 Å². The second kappa shape index (κ2) is 6.34. The van der Waals surface area contributed by atoms with Crippen molar-refractivity contribution < 1.29 is 5.11 Å². The molecular formula is C14H25N3O. The maximum Gasteiger partial charge on any atom is 0.0644 e. The summed E-state index contributed by atoms with van der Waals surface area (Å²) in [7, 11) is 0. The fourth-order valence-corrected chi connectivity index (χ4v) is 2.66. The summed E-state index contributed by atoms with van der Waals surface area (Å²) < 4.78 is 1.96. The number of hydrogen-bond acceptors (Lipinski definition) is 3. The van der Waals surface area contributed by atoms with Crippen molar-refractivity contribution in [2.75, 3.05) is 13.2 Å². The van der Waals surface area contributed by atoms with Gasteiger partial charge in [-0.1, -0.05) is 13.8 Å². The molecule has 0 fully saturated rings. The van der Waals surface area contributed by atoms with E-state index in [0.717, 1.165) is 18.9 Å². The molecule has 0 radical (unpaired) electrons. The van der Waals surface area contributed by atoms with Gasteiger partial charge in [0.2, 0.25) is 0 Å². The van der Waals surface area contributed by atoms with Crippen molar-refractivity contribution in [1.29, 1.82) is 0 Å². The van der Waals surface area contributed by atoms with Crippen LogP contribution < -0.4 is 5.32 Å². The predicted octanol–water partition coefficient (Wildman–Crippen LogP) is 1.89. The zero-order chi connectivity index (χ0) is 13.0. The number of aromatic nitrogens is 2. The average Bonchev–Trinajstić information content (AvgIpc) is 2.74. The molecule has 1 heterocycles. The van der Waals surface area contributed by atoms with Crippen LogP contribution in [0.15, 0.2) is 6.20 Å². The number of hydrogen-bond donors (Lipinski definition) is 2. The Morgan fingerprint density at radius 3 is 3.11 bits per heavy atom. The number of aliphatic hydroxyl groups is 1. The minimum Gasteiger partial charge on any atom is -0.394 e. The summed E-state index contributed by atoms with van der Waals surface area (Å²) in [6.45, 7) is 6.38. The van der Waals surface area contributed by atoms with Crippen LogP contribution in [-0.2, 0) is 13.0 Å². The van der Waals surface area contributed by atoms with E-state index in [2.05, 4.69) is 24.3 Å². The number of aliphatic hydroxyl groups excluding tert-OH is 1. The van der Waals surface area contributed by atoms with E-state index in [1.807, 2.05) is 10.9 Å². The minimum absolute atomic E-state index is 0.166. The van der Waals surface area contributed by atoms with E-state index < -0.39 is 0 Å². The third-order valence-corrected chi connectivity index (χ3v) is 3.69. The van der Waals surface area contributed by atoms with Gasteiger partial charge < -0.3 is 10.4 Å². The van der Waals surface area contributed by atoms with Crippen molar-refractivity contribution in [1.82, 2.24) is 15.1 Å². The van der Waals surface area contributed by atoms with Gasteiger partial charge >= 0.3 is 0 Å². The van der Waals surface area contributed by atoms with Crippen LogP contribution >= 0.6 is 0 Å². The number of fused-ring (bicyclic) bond motifs is 1. The Kier molecular flexibility index (Phi) is 4.78. The van der Waals surface area contributed by atoms with Crippen LogP contribution in [0.1, 0.15) is 50.4 Å². The molecule has 1 aliphatic carbocycles. The Labute approximate surface area is 109 Å².